The number of nitrogens with zero attached hydrogens (tertiary/aromatic N) is 2. The van der Waals surface area contributed by atoms with E-state index in [4.69, 9.17) is 0 Å². The maximum absolute atomic E-state index is 13.3. The molecule has 0 aromatic heterocycles. The molecule has 0 saturated carbocycles. The minimum absolute atomic E-state index is 0.0120. The number of anilines is 2. The summed E-state index contributed by atoms with van der Waals surface area (Å²) in [6.45, 7) is 15.1. The molecule has 1 aromatic carbocycles. The van der Waals surface area contributed by atoms with E-state index in [2.05, 4.69) is 58.7 Å². The Labute approximate surface area is 184 Å². The van der Waals surface area contributed by atoms with Gasteiger partial charge in [-0.3, -0.25) is 9.59 Å². The lowest BCUT2D eigenvalue weighted by Crippen LogP contribution is -2.41. The van der Waals surface area contributed by atoms with Gasteiger partial charge in [0.15, 0.2) is 0 Å². The summed E-state index contributed by atoms with van der Waals surface area (Å²) in [4.78, 5) is 29.8. The number of nitrogens with one attached hydrogen (secondary N) is 1. The van der Waals surface area contributed by atoms with Crippen LogP contribution in [0.2, 0.25) is 0 Å². The number of hydrogen-bond acceptors (Lipinski definition) is 3. The molecule has 170 valence electrons. The first kappa shape index (κ1) is 26.0. The van der Waals surface area contributed by atoms with Gasteiger partial charge in [0.2, 0.25) is 11.8 Å². The summed E-state index contributed by atoms with van der Waals surface area (Å²) in [5, 5.41) is 3.03. The number of amides is 2. The van der Waals surface area contributed by atoms with Crippen molar-refractivity contribution in [3.8, 4) is 0 Å². The monoisotopic (exact) mass is 417 g/mol. The summed E-state index contributed by atoms with van der Waals surface area (Å²) in [6, 6.07) is 6.15. The van der Waals surface area contributed by atoms with Gasteiger partial charge < -0.3 is 15.1 Å². The quantitative estimate of drug-likeness (QED) is 0.532. The predicted octanol–water partition coefficient (Wildman–Crippen LogP) is 5.69. The summed E-state index contributed by atoms with van der Waals surface area (Å²) in [7, 11) is 4.01. The largest absolute Gasteiger partial charge is 0.377 e. The summed E-state index contributed by atoms with van der Waals surface area (Å²) in [5.74, 6) is 0.288. The first-order valence-electron chi connectivity index (χ1n) is 11.3. The van der Waals surface area contributed by atoms with E-state index in [1.54, 1.807) is 0 Å². The Kier molecular flexibility index (Phi) is 9.86. The first-order chi connectivity index (χ1) is 13.9. The van der Waals surface area contributed by atoms with E-state index in [0.717, 1.165) is 36.2 Å². The second kappa shape index (κ2) is 11.4. The van der Waals surface area contributed by atoms with Crippen LogP contribution in [0.25, 0.3) is 0 Å². The standard InChI is InChI=1S/C25H43N3O2/c1-10-18(4)28(24(30)19(11-2)12-3)17-20-15-21(13-14-22(20)27(8)9)26-23(29)16-25(5,6)7/h13-15,18-19H,10-12,16-17H2,1-9H3,(H,26,29)/t18-/m1/s1. The van der Waals surface area contributed by atoms with Crippen molar-refractivity contribution in [2.45, 2.75) is 86.7 Å². The van der Waals surface area contributed by atoms with Crippen molar-refractivity contribution >= 4 is 23.2 Å². The molecule has 0 radical (unpaired) electrons. The Morgan fingerprint density at radius 1 is 1.03 bits per heavy atom. The minimum Gasteiger partial charge on any atom is -0.377 e. The molecule has 0 saturated heterocycles. The van der Waals surface area contributed by atoms with Gasteiger partial charge in [0.25, 0.3) is 0 Å². The highest BCUT2D eigenvalue weighted by molar-refractivity contribution is 5.91. The highest BCUT2D eigenvalue weighted by Crippen LogP contribution is 2.28. The van der Waals surface area contributed by atoms with Gasteiger partial charge in [-0.15, -0.1) is 0 Å². The molecule has 30 heavy (non-hydrogen) atoms. The molecule has 0 spiro atoms. The van der Waals surface area contributed by atoms with Gasteiger partial charge in [-0.2, -0.15) is 0 Å². The number of carbonyl (C=O) groups is 2. The van der Waals surface area contributed by atoms with E-state index in [0.29, 0.717) is 13.0 Å². The third kappa shape index (κ3) is 7.66. The molecule has 5 nitrogen and oxygen atoms in total. The lowest BCUT2D eigenvalue weighted by Gasteiger charge is -2.33. The SMILES string of the molecule is CCC(CC)C(=O)N(Cc1cc(NC(=O)CC(C)(C)C)ccc1N(C)C)[C@H](C)CC. The van der Waals surface area contributed by atoms with Crippen LogP contribution in [0, 0.1) is 11.3 Å². The van der Waals surface area contributed by atoms with Crippen LogP contribution < -0.4 is 10.2 Å². The summed E-state index contributed by atoms with van der Waals surface area (Å²) < 4.78 is 0. The zero-order valence-electron chi connectivity index (χ0n) is 20.6. The Morgan fingerprint density at radius 2 is 1.63 bits per heavy atom. The van der Waals surface area contributed by atoms with Crippen molar-refractivity contribution in [3.63, 3.8) is 0 Å². The molecule has 0 heterocycles. The molecule has 0 fully saturated rings. The molecule has 1 N–H and O–H groups in total. The molecule has 1 atom stereocenters. The van der Waals surface area contributed by atoms with Crippen LogP contribution in [0.4, 0.5) is 11.4 Å². The molecular weight excluding hydrogens is 374 g/mol. The summed E-state index contributed by atoms with van der Waals surface area (Å²) in [6.07, 6.45) is 3.08. The Hall–Kier alpha value is -2.04. The lowest BCUT2D eigenvalue weighted by molar-refractivity contribution is -0.138. The fourth-order valence-electron chi connectivity index (χ4n) is 3.64. The van der Waals surface area contributed by atoms with Gasteiger partial charge in [-0.1, -0.05) is 41.5 Å². The Bertz CT molecular complexity index is 703. The molecule has 0 aliphatic heterocycles. The lowest BCUT2D eigenvalue weighted by atomic mass is 9.92. The van der Waals surface area contributed by atoms with Crippen molar-refractivity contribution in [2.24, 2.45) is 11.3 Å². The number of benzene rings is 1. The fourth-order valence-corrected chi connectivity index (χ4v) is 3.64. The van der Waals surface area contributed by atoms with Gasteiger partial charge in [0, 0.05) is 50.4 Å². The summed E-state index contributed by atoms with van der Waals surface area (Å²) >= 11 is 0. The van der Waals surface area contributed by atoms with E-state index in [9.17, 15) is 9.59 Å². The second-order valence-electron chi connectivity index (χ2n) is 9.76. The number of rotatable bonds is 10. The molecule has 5 heteroatoms. The third-order valence-corrected chi connectivity index (χ3v) is 5.62. The first-order valence-corrected chi connectivity index (χ1v) is 11.3. The predicted molar refractivity (Wildman–Crippen MR) is 128 cm³/mol. The molecular formula is C25H43N3O2. The zero-order chi connectivity index (χ0) is 23.1. The molecule has 1 rings (SSSR count). The fraction of sp³-hybridized carbons (Fsp3) is 0.680. The van der Waals surface area contributed by atoms with E-state index in [1.807, 2.05) is 37.2 Å². The minimum atomic E-state index is -0.0639. The normalized spacial score (nSPS) is 12.6. The van der Waals surface area contributed by atoms with Crippen LogP contribution in [0.1, 0.15) is 79.7 Å². The second-order valence-corrected chi connectivity index (χ2v) is 9.76. The molecule has 0 aliphatic rings. The van der Waals surface area contributed by atoms with Gasteiger partial charge in [-0.25, -0.2) is 0 Å². The van der Waals surface area contributed by atoms with Crippen LogP contribution in [0.5, 0.6) is 0 Å². The average Bonchev–Trinajstić information content (AvgIpc) is 2.64. The van der Waals surface area contributed by atoms with Crippen LogP contribution in [0.3, 0.4) is 0 Å². The van der Waals surface area contributed by atoms with E-state index < -0.39 is 0 Å². The smallest absolute Gasteiger partial charge is 0.226 e. The Morgan fingerprint density at radius 3 is 2.10 bits per heavy atom. The molecule has 1 aromatic rings. The van der Waals surface area contributed by atoms with Crippen molar-refractivity contribution < 1.29 is 9.59 Å². The van der Waals surface area contributed by atoms with Crippen LogP contribution >= 0.6 is 0 Å². The van der Waals surface area contributed by atoms with Crippen molar-refractivity contribution in [2.75, 3.05) is 24.3 Å². The molecule has 0 bridgehead atoms. The Balaban J connectivity index is 3.24. The molecule has 2 amide bonds. The number of carbonyl (C=O) groups excluding carboxylic acids is 2. The van der Waals surface area contributed by atoms with E-state index in [-0.39, 0.29) is 29.2 Å². The summed E-state index contributed by atoms with van der Waals surface area (Å²) in [5.41, 5.74) is 2.83. The van der Waals surface area contributed by atoms with Crippen LogP contribution in [0.15, 0.2) is 18.2 Å². The van der Waals surface area contributed by atoms with Gasteiger partial charge in [0.05, 0.1) is 0 Å². The highest BCUT2D eigenvalue weighted by Gasteiger charge is 2.26. The maximum Gasteiger partial charge on any atom is 0.226 e. The van der Waals surface area contributed by atoms with Gasteiger partial charge in [-0.05, 0) is 55.4 Å². The van der Waals surface area contributed by atoms with Crippen molar-refractivity contribution in [1.29, 1.82) is 0 Å². The molecule has 0 aliphatic carbocycles. The topological polar surface area (TPSA) is 52.7 Å². The van der Waals surface area contributed by atoms with Gasteiger partial charge >= 0.3 is 0 Å². The van der Waals surface area contributed by atoms with E-state index in [1.165, 1.54) is 0 Å². The maximum atomic E-state index is 13.3. The van der Waals surface area contributed by atoms with Crippen LogP contribution in [-0.2, 0) is 16.1 Å². The van der Waals surface area contributed by atoms with Gasteiger partial charge in [0.1, 0.15) is 0 Å². The van der Waals surface area contributed by atoms with Crippen molar-refractivity contribution in [3.05, 3.63) is 23.8 Å². The van der Waals surface area contributed by atoms with Crippen LogP contribution in [-0.4, -0.2) is 36.9 Å². The van der Waals surface area contributed by atoms with Crippen molar-refractivity contribution in [1.82, 2.24) is 4.90 Å². The molecule has 0 unspecified atom stereocenters. The zero-order valence-corrected chi connectivity index (χ0v) is 20.6. The number of hydrogen-bond donors (Lipinski definition) is 1. The third-order valence-electron chi connectivity index (χ3n) is 5.62. The van der Waals surface area contributed by atoms with E-state index >= 15 is 0 Å². The average molecular weight is 418 g/mol. The highest BCUT2D eigenvalue weighted by atomic mass is 16.2.